The molecule has 1 aromatic rings. The van der Waals surface area contributed by atoms with E-state index in [1.165, 1.54) is 0 Å². The zero-order chi connectivity index (χ0) is 24.6. The molecule has 1 saturated carbocycles. The van der Waals surface area contributed by atoms with E-state index in [0.29, 0.717) is 37.8 Å². The molecule has 1 aliphatic carbocycles. The van der Waals surface area contributed by atoms with Crippen molar-refractivity contribution in [3.63, 3.8) is 0 Å². The summed E-state index contributed by atoms with van der Waals surface area (Å²) in [6.07, 6.45) is 6.17. The van der Waals surface area contributed by atoms with Gasteiger partial charge in [0.05, 0.1) is 0 Å². The molecule has 2 amide bonds. The Morgan fingerprint density at radius 2 is 1.80 bits per heavy atom. The van der Waals surface area contributed by atoms with Crippen LogP contribution in [0.4, 0.5) is 0 Å². The average molecular weight is 501 g/mol. The summed E-state index contributed by atoms with van der Waals surface area (Å²) < 4.78 is 5.44. The lowest BCUT2D eigenvalue weighted by Crippen LogP contribution is -2.53. The Labute approximate surface area is 211 Å². The number of benzene rings is 1. The van der Waals surface area contributed by atoms with E-state index < -0.39 is 17.7 Å². The van der Waals surface area contributed by atoms with Gasteiger partial charge in [0.25, 0.3) is 0 Å². The first kappa shape index (κ1) is 25.7. The van der Waals surface area contributed by atoms with Crippen LogP contribution in [0.5, 0.6) is 0 Å². The zero-order valence-corrected chi connectivity index (χ0v) is 21.2. The van der Waals surface area contributed by atoms with Crippen molar-refractivity contribution in [2.45, 2.75) is 70.5 Å². The number of hydrogen-bond acceptors (Lipinski definition) is 6. The highest BCUT2D eigenvalue weighted by molar-refractivity contribution is 8.14. The average Bonchev–Trinajstić information content (AvgIpc) is 3.25. The van der Waals surface area contributed by atoms with Gasteiger partial charge in [-0.15, -0.1) is 5.10 Å². The third-order valence-corrected chi connectivity index (χ3v) is 8.43. The van der Waals surface area contributed by atoms with E-state index in [0.717, 1.165) is 43.4 Å². The number of Topliss-reactive ketones (excluding diaryl/α,β-unsaturated/α-hetero) is 1. The Morgan fingerprint density at radius 3 is 2.51 bits per heavy atom. The van der Waals surface area contributed by atoms with Crippen molar-refractivity contribution in [3.05, 3.63) is 35.9 Å². The number of amidine groups is 1. The molecule has 0 aromatic heterocycles. The number of nitrogens with zero attached hydrogens (tertiary/aromatic N) is 2. The fourth-order valence-corrected chi connectivity index (χ4v) is 6.12. The van der Waals surface area contributed by atoms with Crippen LogP contribution in [0, 0.1) is 11.8 Å². The highest BCUT2D eigenvalue weighted by Gasteiger charge is 2.37. The van der Waals surface area contributed by atoms with Gasteiger partial charge >= 0.3 is 5.91 Å². The number of ether oxygens (including phenoxy) is 1. The fourth-order valence-electron chi connectivity index (χ4n) is 5.03. The first-order valence-corrected chi connectivity index (χ1v) is 13.7. The maximum Gasteiger partial charge on any atom is 0.309 e. The summed E-state index contributed by atoms with van der Waals surface area (Å²) in [7, 11) is 0. The van der Waals surface area contributed by atoms with Crippen molar-refractivity contribution < 1.29 is 19.1 Å². The third kappa shape index (κ3) is 6.85. The number of carbonyl (C=O) groups is 3. The SMILES string of the molecule is C[C@H]1CS/C(=N\NC(=O)C(=O)[C@@H](NC(=O)C2CCCCC2)C2CCOCC2)N1Cc1ccccc1. The molecule has 3 fully saturated rings. The molecule has 0 spiro atoms. The van der Waals surface area contributed by atoms with E-state index >= 15 is 0 Å². The van der Waals surface area contributed by atoms with E-state index in [1.54, 1.807) is 11.8 Å². The summed E-state index contributed by atoms with van der Waals surface area (Å²) in [5.74, 6) is -0.850. The number of nitrogens with one attached hydrogen (secondary N) is 2. The summed E-state index contributed by atoms with van der Waals surface area (Å²) in [6, 6.07) is 9.51. The number of rotatable bonds is 8. The Morgan fingerprint density at radius 1 is 1.09 bits per heavy atom. The molecule has 4 rings (SSSR count). The number of amides is 2. The molecule has 190 valence electrons. The molecule has 2 atom stereocenters. The summed E-state index contributed by atoms with van der Waals surface area (Å²) >= 11 is 1.56. The number of thioether (sulfide) groups is 1. The van der Waals surface area contributed by atoms with Gasteiger partial charge in [-0.05, 0) is 44.1 Å². The number of carbonyl (C=O) groups excluding carboxylic acids is 3. The maximum atomic E-state index is 13.2. The van der Waals surface area contributed by atoms with E-state index in [2.05, 4.69) is 39.8 Å². The molecule has 0 unspecified atom stereocenters. The first-order valence-electron chi connectivity index (χ1n) is 12.8. The molecule has 2 heterocycles. The van der Waals surface area contributed by atoms with Crippen LogP contribution >= 0.6 is 11.8 Å². The Hall–Kier alpha value is -2.39. The maximum absolute atomic E-state index is 13.2. The predicted octanol–water partition coefficient (Wildman–Crippen LogP) is 3.07. The van der Waals surface area contributed by atoms with Crippen LogP contribution in [0.2, 0.25) is 0 Å². The van der Waals surface area contributed by atoms with Crippen LogP contribution in [0.1, 0.15) is 57.4 Å². The minimum atomic E-state index is -0.843. The molecule has 0 radical (unpaired) electrons. The fraction of sp³-hybridized carbons (Fsp3) is 0.615. The van der Waals surface area contributed by atoms with E-state index in [9.17, 15) is 14.4 Å². The number of ketones is 1. The molecule has 2 aliphatic heterocycles. The van der Waals surface area contributed by atoms with Gasteiger partial charge in [-0.2, -0.15) is 0 Å². The molecule has 0 bridgehead atoms. The standard InChI is InChI=1S/C26H36N4O4S/c1-18-17-35-26(30(18)16-19-8-4-2-5-9-19)29-28-25(33)23(31)22(20-12-14-34-15-13-20)27-24(32)21-10-6-3-7-11-21/h2,4-5,8-9,18,20-22H,3,6-7,10-17H2,1H3,(H,27,32)(H,28,33)/b29-26-/t18-,22-/m0/s1. The lowest BCUT2D eigenvalue weighted by molar-refractivity contribution is -0.142. The molecule has 3 aliphatic rings. The molecule has 2 N–H and O–H groups in total. The van der Waals surface area contributed by atoms with Gasteiger partial charge in [-0.25, -0.2) is 5.43 Å². The normalized spacial score (nSPS) is 23.7. The lowest BCUT2D eigenvalue weighted by Gasteiger charge is -2.31. The summed E-state index contributed by atoms with van der Waals surface area (Å²) in [5, 5.41) is 7.95. The van der Waals surface area contributed by atoms with Crippen molar-refractivity contribution >= 4 is 34.5 Å². The molecular weight excluding hydrogens is 464 g/mol. The second-order valence-electron chi connectivity index (χ2n) is 9.74. The number of hydrogen-bond donors (Lipinski definition) is 2. The minimum absolute atomic E-state index is 0.0786. The summed E-state index contributed by atoms with van der Waals surface area (Å²) in [6.45, 7) is 3.86. The molecule has 9 heteroatoms. The van der Waals surface area contributed by atoms with Crippen LogP contribution in [0.3, 0.4) is 0 Å². The molecule has 35 heavy (non-hydrogen) atoms. The van der Waals surface area contributed by atoms with Crippen LogP contribution in [0.15, 0.2) is 35.4 Å². The van der Waals surface area contributed by atoms with E-state index in [-0.39, 0.29) is 23.8 Å². The molecule has 8 nitrogen and oxygen atoms in total. The third-order valence-electron chi connectivity index (χ3n) is 7.20. The highest BCUT2D eigenvalue weighted by atomic mass is 32.2. The van der Waals surface area contributed by atoms with Crippen molar-refractivity contribution in [3.8, 4) is 0 Å². The van der Waals surface area contributed by atoms with E-state index in [4.69, 9.17) is 4.74 Å². The largest absolute Gasteiger partial charge is 0.381 e. The van der Waals surface area contributed by atoms with Crippen molar-refractivity contribution in [2.75, 3.05) is 19.0 Å². The van der Waals surface area contributed by atoms with Crippen LogP contribution in [-0.4, -0.2) is 58.7 Å². The molecule has 2 saturated heterocycles. The van der Waals surface area contributed by atoms with Gasteiger partial charge in [0.2, 0.25) is 11.7 Å². The van der Waals surface area contributed by atoms with Crippen molar-refractivity contribution in [1.82, 2.24) is 15.6 Å². The minimum Gasteiger partial charge on any atom is -0.381 e. The van der Waals surface area contributed by atoms with Gasteiger partial charge in [-0.3, -0.25) is 14.4 Å². The number of hydrazone groups is 1. The lowest BCUT2D eigenvalue weighted by atomic mass is 9.85. The van der Waals surface area contributed by atoms with Gasteiger partial charge in [0.1, 0.15) is 6.04 Å². The van der Waals surface area contributed by atoms with Crippen LogP contribution in [-0.2, 0) is 25.7 Å². The Balaban J connectivity index is 1.41. The summed E-state index contributed by atoms with van der Waals surface area (Å²) in [4.78, 5) is 41.2. The Bertz CT molecular complexity index is 913. The van der Waals surface area contributed by atoms with Crippen LogP contribution in [0.25, 0.3) is 0 Å². The molecule has 1 aromatic carbocycles. The highest BCUT2D eigenvalue weighted by Crippen LogP contribution is 2.27. The monoisotopic (exact) mass is 500 g/mol. The zero-order valence-electron chi connectivity index (χ0n) is 20.4. The van der Waals surface area contributed by atoms with E-state index in [1.807, 2.05) is 18.2 Å². The molecular formula is C26H36N4O4S. The van der Waals surface area contributed by atoms with Gasteiger partial charge in [0.15, 0.2) is 5.17 Å². The second kappa shape index (κ2) is 12.5. The topological polar surface area (TPSA) is 100 Å². The van der Waals surface area contributed by atoms with Crippen molar-refractivity contribution in [1.29, 1.82) is 0 Å². The Kier molecular flexibility index (Phi) is 9.20. The van der Waals surface area contributed by atoms with Gasteiger partial charge in [-0.1, -0.05) is 61.4 Å². The van der Waals surface area contributed by atoms with Crippen molar-refractivity contribution in [2.24, 2.45) is 16.9 Å². The quantitative estimate of drug-likeness (QED) is 0.420. The van der Waals surface area contributed by atoms with Gasteiger partial charge < -0.3 is 15.0 Å². The van der Waals surface area contributed by atoms with Crippen LogP contribution < -0.4 is 10.7 Å². The smallest absolute Gasteiger partial charge is 0.309 e. The predicted molar refractivity (Wildman–Crippen MR) is 137 cm³/mol. The van der Waals surface area contributed by atoms with Gasteiger partial charge in [0, 0.05) is 37.5 Å². The summed E-state index contributed by atoms with van der Waals surface area (Å²) in [5.41, 5.74) is 3.64. The second-order valence-corrected chi connectivity index (χ2v) is 10.7. The first-order chi connectivity index (χ1) is 17.0.